The molecular formula is C34H45N9O8S. The molecule has 52 heavy (non-hydrogen) atoms. The van der Waals surface area contributed by atoms with E-state index in [0.717, 1.165) is 37.0 Å². The first-order valence-corrected chi connectivity index (χ1v) is 17.8. The summed E-state index contributed by atoms with van der Waals surface area (Å²) in [7, 11) is 0. The number of nitrogens with one attached hydrogen (secondary N) is 6. The predicted octanol–water partition coefficient (Wildman–Crippen LogP) is 2.85. The van der Waals surface area contributed by atoms with Crippen LogP contribution in [0.3, 0.4) is 0 Å². The Hall–Kier alpha value is -5.52. The van der Waals surface area contributed by atoms with E-state index in [1.807, 2.05) is 13.8 Å². The number of rotatable bonds is 18. The third-order valence-corrected chi connectivity index (χ3v) is 8.15. The second-order valence-corrected chi connectivity index (χ2v) is 13.7. The van der Waals surface area contributed by atoms with Gasteiger partial charge in [0.05, 0.1) is 31.1 Å². The van der Waals surface area contributed by atoms with Gasteiger partial charge in [0.2, 0.25) is 11.3 Å². The maximum atomic E-state index is 13.1. The van der Waals surface area contributed by atoms with Gasteiger partial charge in [-0.15, -0.1) is 11.3 Å². The van der Waals surface area contributed by atoms with Gasteiger partial charge in [0.25, 0.3) is 11.8 Å². The lowest BCUT2D eigenvalue weighted by Gasteiger charge is -2.37. The summed E-state index contributed by atoms with van der Waals surface area (Å²) >= 11 is 1.02. The molecule has 4 heterocycles. The molecule has 2 atom stereocenters. The van der Waals surface area contributed by atoms with E-state index >= 15 is 0 Å². The van der Waals surface area contributed by atoms with E-state index in [1.165, 1.54) is 40.7 Å². The summed E-state index contributed by atoms with van der Waals surface area (Å²) in [6, 6.07) is 2.96. The molecule has 0 unspecified atom stereocenters. The van der Waals surface area contributed by atoms with Crippen molar-refractivity contribution in [2.45, 2.75) is 84.5 Å². The second-order valence-electron chi connectivity index (χ2n) is 12.8. The van der Waals surface area contributed by atoms with Gasteiger partial charge in [-0.25, -0.2) is 14.8 Å². The molecule has 0 bridgehead atoms. The number of hydrogen-bond acceptors (Lipinski definition) is 13. The summed E-state index contributed by atoms with van der Waals surface area (Å²) in [6.45, 7) is 10.2. The number of unbranched alkanes of at least 4 members (excludes halogenated alkanes) is 2. The highest BCUT2D eigenvalue weighted by atomic mass is 32.1. The monoisotopic (exact) mass is 739 g/mol. The van der Waals surface area contributed by atoms with Crippen molar-refractivity contribution in [2.75, 3.05) is 30.4 Å². The molecule has 1 aliphatic rings. The minimum absolute atomic E-state index is 0.00742. The molecule has 18 heteroatoms. The zero-order valence-corrected chi connectivity index (χ0v) is 30.6. The van der Waals surface area contributed by atoms with E-state index in [9.17, 15) is 24.0 Å². The van der Waals surface area contributed by atoms with Crippen LogP contribution in [-0.2, 0) is 20.9 Å². The van der Waals surface area contributed by atoms with Gasteiger partial charge in [-0.2, -0.15) is 4.73 Å². The van der Waals surface area contributed by atoms with Crippen molar-refractivity contribution in [3.63, 3.8) is 0 Å². The molecule has 1 aliphatic heterocycles. The molecule has 6 N–H and O–H groups in total. The zero-order valence-electron chi connectivity index (χ0n) is 29.8. The average molecular weight is 740 g/mol. The Labute approximate surface area is 304 Å². The van der Waals surface area contributed by atoms with E-state index in [-0.39, 0.29) is 40.7 Å². The molecule has 3 aromatic rings. The number of hydrogen-bond donors (Lipinski definition) is 6. The number of β-lactam (4-membered cyclic amide) rings is 1. The number of carbonyl (C=O) groups is 4. The molecule has 1 saturated heterocycles. The van der Waals surface area contributed by atoms with Crippen molar-refractivity contribution in [1.29, 1.82) is 5.41 Å². The smallest absolute Gasteiger partial charge is 0.413 e. The predicted molar refractivity (Wildman–Crippen MR) is 194 cm³/mol. The molecular weight excluding hydrogens is 694 g/mol. The number of anilines is 2. The van der Waals surface area contributed by atoms with E-state index in [2.05, 4.69) is 36.6 Å². The number of ether oxygens (including phenoxy) is 2. The summed E-state index contributed by atoms with van der Waals surface area (Å²) in [5.74, 6) is -1.16. The Balaban J connectivity index is 1.30. The molecule has 4 rings (SSSR count). The van der Waals surface area contributed by atoms with E-state index in [0.29, 0.717) is 24.7 Å². The number of aromatic nitrogens is 3. The number of thiazole rings is 1. The van der Waals surface area contributed by atoms with Crippen LogP contribution in [-0.4, -0.2) is 81.7 Å². The fraction of sp³-hybridized carbons (Fsp3) is 0.471. The van der Waals surface area contributed by atoms with E-state index in [4.69, 9.17) is 19.7 Å². The van der Waals surface area contributed by atoms with Crippen molar-refractivity contribution in [1.82, 2.24) is 30.6 Å². The van der Waals surface area contributed by atoms with E-state index < -0.39 is 47.2 Å². The number of amides is 4. The number of pyridine rings is 2. The van der Waals surface area contributed by atoms with Crippen LogP contribution in [0.4, 0.5) is 15.7 Å². The first kappa shape index (κ1) is 39.3. The second kappa shape index (κ2) is 18.1. The summed E-state index contributed by atoms with van der Waals surface area (Å²) in [5.41, 5.74) is -0.763. The third-order valence-electron chi connectivity index (χ3n) is 7.39. The van der Waals surface area contributed by atoms with Gasteiger partial charge in [-0.3, -0.25) is 29.9 Å². The lowest BCUT2D eigenvalue weighted by Crippen LogP contribution is -2.71. The molecule has 4 amide bonds. The van der Waals surface area contributed by atoms with Crippen LogP contribution in [0.15, 0.2) is 40.8 Å². The van der Waals surface area contributed by atoms with Gasteiger partial charge in [0, 0.05) is 29.8 Å². The normalized spacial score (nSPS) is 15.1. The molecule has 0 spiro atoms. The van der Waals surface area contributed by atoms with Crippen LogP contribution in [0.5, 0.6) is 5.75 Å². The van der Waals surface area contributed by atoms with Crippen molar-refractivity contribution < 1.29 is 33.5 Å². The van der Waals surface area contributed by atoms with Crippen LogP contribution in [0.1, 0.15) is 82.0 Å². The van der Waals surface area contributed by atoms with Crippen molar-refractivity contribution in [3.05, 3.63) is 63.1 Å². The molecule has 0 aromatic carbocycles. The van der Waals surface area contributed by atoms with Crippen LogP contribution < -0.4 is 41.6 Å². The van der Waals surface area contributed by atoms with Gasteiger partial charge < -0.3 is 35.6 Å². The Morgan fingerprint density at radius 3 is 2.56 bits per heavy atom. The first-order valence-electron chi connectivity index (χ1n) is 16.9. The zero-order chi connectivity index (χ0) is 37.8. The Bertz CT molecular complexity index is 1820. The van der Waals surface area contributed by atoms with Gasteiger partial charge in [0.15, 0.2) is 10.9 Å². The van der Waals surface area contributed by atoms with Crippen molar-refractivity contribution in [2.24, 2.45) is 0 Å². The molecule has 0 aliphatic carbocycles. The number of nitrogens with zero attached hydrogens (tertiary/aromatic N) is 3. The van der Waals surface area contributed by atoms with Crippen molar-refractivity contribution in [3.8, 4) is 5.75 Å². The highest BCUT2D eigenvalue weighted by Crippen LogP contribution is 2.18. The van der Waals surface area contributed by atoms with E-state index in [1.54, 1.807) is 20.8 Å². The Morgan fingerprint density at radius 1 is 1.10 bits per heavy atom. The molecule has 0 radical (unpaired) electrons. The molecule has 0 saturated carbocycles. The van der Waals surface area contributed by atoms with Crippen LogP contribution >= 0.6 is 11.3 Å². The summed E-state index contributed by atoms with van der Waals surface area (Å²) in [4.78, 5) is 77.1. The van der Waals surface area contributed by atoms with Crippen LogP contribution in [0.2, 0.25) is 0 Å². The Morgan fingerprint density at radius 2 is 1.85 bits per heavy atom. The lowest BCUT2D eigenvalue weighted by atomic mass is 9.98. The van der Waals surface area contributed by atoms with Gasteiger partial charge in [0.1, 0.15) is 35.5 Å². The minimum atomic E-state index is -0.939. The molecule has 1 fully saturated rings. The topological polar surface area (TPSA) is 228 Å². The fourth-order valence-electron chi connectivity index (χ4n) is 4.63. The average Bonchev–Trinajstić information content (AvgIpc) is 3.56. The van der Waals surface area contributed by atoms with Crippen molar-refractivity contribution >= 4 is 51.8 Å². The maximum absolute atomic E-state index is 13.1. The summed E-state index contributed by atoms with van der Waals surface area (Å²) < 4.78 is 12.3. The molecule has 17 nitrogen and oxygen atoms in total. The SMILES string of the molecule is CCCCOc1cn(OCCCC)c(CNC(=O)c2ccnc(NC[C@H]3NC(=O)[C@H]3NC(=O)C(=N)c3csc(NC(=O)OC(C)(C)C)n3)c2)cc1=O. The Kier molecular flexibility index (Phi) is 13.7. The summed E-state index contributed by atoms with van der Waals surface area (Å²) in [5, 5.41) is 23.4. The lowest BCUT2D eigenvalue weighted by molar-refractivity contribution is -0.134. The van der Waals surface area contributed by atoms with Gasteiger partial charge >= 0.3 is 6.09 Å². The first-order chi connectivity index (χ1) is 24.8. The maximum Gasteiger partial charge on any atom is 0.413 e. The summed E-state index contributed by atoms with van der Waals surface area (Å²) in [6.07, 6.45) is 5.69. The molecule has 280 valence electrons. The fourth-order valence-corrected chi connectivity index (χ4v) is 5.32. The van der Waals surface area contributed by atoms with Gasteiger partial charge in [-0.05, 0) is 45.7 Å². The highest BCUT2D eigenvalue weighted by Gasteiger charge is 2.41. The van der Waals surface area contributed by atoms with Gasteiger partial charge in [-0.1, -0.05) is 26.7 Å². The van der Waals surface area contributed by atoms with Crippen LogP contribution in [0.25, 0.3) is 0 Å². The standard InChI is InChI=1S/C34H45N9O8S/c1-6-8-12-49-25-18-43(50-13-9-7-2)21(15-24(25)44)16-38-29(45)20-10-11-36-26(14-20)37-17-22-28(31(47)39-22)41-30(46)27(35)23-19-52-32(40-23)42-33(48)51-34(3,4)5/h10-11,14-15,18-19,22,28,35H,6-9,12-13,16-17H2,1-5H3,(H,36,37)(H,38,45)(H,39,47)(H,41,46)(H,40,42,48)/t22-,28+/m1/s1. The highest BCUT2D eigenvalue weighted by molar-refractivity contribution is 7.14. The molecule has 3 aromatic heterocycles. The largest absolute Gasteiger partial charge is 0.488 e. The number of carbonyl (C=O) groups excluding carboxylic acids is 4. The van der Waals surface area contributed by atoms with Crippen LogP contribution in [0, 0.1) is 5.41 Å². The quantitative estimate of drug-likeness (QED) is 0.0632. The minimum Gasteiger partial charge on any atom is -0.488 e. The third kappa shape index (κ3) is 11.2.